The van der Waals surface area contributed by atoms with Gasteiger partial charge in [-0.25, -0.2) is 9.78 Å². The molecule has 0 atom stereocenters. The van der Waals surface area contributed by atoms with Crippen molar-refractivity contribution in [3.05, 3.63) is 76.3 Å². The highest BCUT2D eigenvalue weighted by Crippen LogP contribution is 2.25. The van der Waals surface area contributed by atoms with Crippen LogP contribution in [-0.4, -0.2) is 11.0 Å². The quantitative estimate of drug-likeness (QED) is 0.690. The molecule has 0 aliphatic carbocycles. The first-order chi connectivity index (χ1) is 12.5. The zero-order valence-corrected chi connectivity index (χ0v) is 15.4. The summed E-state index contributed by atoms with van der Waals surface area (Å²) < 4.78 is 5.77. The first-order valence-electron chi connectivity index (χ1n) is 8.31. The molecule has 0 saturated carbocycles. The summed E-state index contributed by atoms with van der Waals surface area (Å²) in [6, 6.07) is 15.1. The molecule has 0 radical (unpaired) electrons. The first kappa shape index (κ1) is 18.0. The van der Waals surface area contributed by atoms with Gasteiger partial charge in [0.05, 0.1) is 12.2 Å². The van der Waals surface area contributed by atoms with Crippen LogP contribution in [-0.2, 0) is 13.1 Å². The van der Waals surface area contributed by atoms with Crippen molar-refractivity contribution in [3.63, 3.8) is 0 Å². The number of hydrogen-bond acceptors (Lipinski definition) is 3. The standard InChI is InChI=1S/C20H20ClN3O2/c1-13-3-5-15(6-4-13)11-22-20(25)23-12-18-24-14(2)19(26-18)16-7-9-17(21)10-8-16/h3-10H,11-12H2,1-2H3,(H2,22,23,25). The molecule has 0 aliphatic heterocycles. The van der Waals surface area contributed by atoms with E-state index in [0.717, 1.165) is 16.8 Å². The highest BCUT2D eigenvalue weighted by Gasteiger charge is 2.12. The summed E-state index contributed by atoms with van der Waals surface area (Å²) in [5.41, 5.74) is 3.90. The number of aromatic nitrogens is 1. The number of rotatable bonds is 5. The Labute approximate surface area is 157 Å². The van der Waals surface area contributed by atoms with Crippen LogP contribution in [0.25, 0.3) is 11.3 Å². The van der Waals surface area contributed by atoms with Crippen molar-refractivity contribution in [2.75, 3.05) is 0 Å². The third-order valence-electron chi connectivity index (χ3n) is 3.92. The number of benzene rings is 2. The SMILES string of the molecule is Cc1ccc(CNC(=O)NCc2nc(C)c(-c3ccc(Cl)cc3)o2)cc1. The van der Waals surface area contributed by atoms with Gasteiger partial charge < -0.3 is 15.1 Å². The number of nitrogens with zero attached hydrogens (tertiary/aromatic N) is 1. The average Bonchev–Trinajstić information content (AvgIpc) is 3.01. The summed E-state index contributed by atoms with van der Waals surface area (Å²) >= 11 is 5.91. The molecule has 2 amide bonds. The number of carbonyl (C=O) groups excluding carboxylic acids is 1. The molecule has 26 heavy (non-hydrogen) atoms. The van der Waals surface area contributed by atoms with E-state index in [4.69, 9.17) is 16.0 Å². The van der Waals surface area contributed by atoms with E-state index in [1.807, 2.05) is 50.2 Å². The molecule has 0 unspecified atom stereocenters. The summed E-state index contributed by atoms with van der Waals surface area (Å²) in [5, 5.41) is 6.23. The Balaban J connectivity index is 1.54. The molecule has 134 valence electrons. The summed E-state index contributed by atoms with van der Waals surface area (Å²) in [5.74, 6) is 1.14. The molecule has 3 aromatic rings. The van der Waals surface area contributed by atoms with E-state index < -0.39 is 0 Å². The van der Waals surface area contributed by atoms with Gasteiger partial charge in [0.25, 0.3) is 0 Å². The van der Waals surface area contributed by atoms with E-state index in [1.54, 1.807) is 12.1 Å². The van der Waals surface area contributed by atoms with E-state index in [2.05, 4.69) is 15.6 Å². The van der Waals surface area contributed by atoms with Gasteiger partial charge in [-0.2, -0.15) is 0 Å². The van der Waals surface area contributed by atoms with Gasteiger partial charge in [0.1, 0.15) is 0 Å². The maximum absolute atomic E-state index is 11.9. The molecule has 0 saturated heterocycles. The van der Waals surface area contributed by atoms with Crippen LogP contribution in [0.15, 0.2) is 52.9 Å². The second-order valence-corrected chi connectivity index (χ2v) is 6.49. The lowest BCUT2D eigenvalue weighted by atomic mass is 10.1. The molecular formula is C20H20ClN3O2. The van der Waals surface area contributed by atoms with Gasteiger partial charge in [0.2, 0.25) is 5.89 Å². The van der Waals surface area contributed by atoms with Gasteiger partial charge in [0, 0.05) is 17.1 Å². The van der Waals surface area contributed by atoms with E-state index in [0.29, 0.717) is 23.2 Å². The summed E-state index contributed by atoms with van der Waals surface area (Å²) in [6.07, 6.45) is 0. The number of nitrogens with one attached hydrogen (secondary N) is 2. The Hall–Kier alpha value is -2.79. The number of carbonyl (C=O) groups is 1. The van der Waals surface area contributed by atoms with E-state index in [9.17, 15) is 4.79 Å². The number of aryl methyl sites for hydroxylation is 2. The highest BCUT2D eigenvalue weighted by atomic mass is 35.5. The molecule has 6 heteroatoms. The molecule has 0 fully saturated rings. The van der Waals surface area contributed by atoms with E-state index in [-0.39, 0.29) is 12.6 Å². The maximum Gasteiger partial charge on any atom is 0.315 e. The fourth-order valence-corrected chi connectivity index (χ4v) is 2.63. The predicted molar refractivity (Wildman–Crippen MR) is 102 cm³/mol. The molecule has 2 N–H and O–H groups in total. The largest absolute Gasteiger partial charge is 0.438 e. The molecular weight excluding hydrogens is 350 g/mol. The van der Waals surface area contributed by atoms with Crippen molar-refractivity contribution in [1.29, 1.82) is 0 Å². The number of hydrogen-bond donors (Lipinski definition) is 2. The molecule has 1 aromatic heterocycles. The van der Waals surface area contributed by atoms with Crippen LogP contribution in [0.1, 0.15) is 22.7 Å². The van der Waals surface area contributed by atoms with Crippen LogP contribution in [0.4, 0.5) is 4.79 Å². The van der Waals surface area contributed by atoms with Crippen LogP contribution in [0, 0.1) is 13.8 Å². The average molecular weight is 370 g/mol. The molecule has 0 aliphatic rings. The van der Waals surface area contributed by atoms with Gasteiger partial charge in [-0.15, -0.1) is 0 Å². The van der Waals surface area contributed by atoms with Crippen molar-refractivity contribution < 1.29 is 9.21 Å². The lowest BCUT2D eigenvalue weighted by molar-refractivity contribution is 0.239. The Bertz CT molecular complexity index is 886. The summed E-state index contributed by atoms with van der Waals surface area (Å²) in [7, 11) is 0. The zero-order valence-electron chi connectivity index (χ0n) is 14.7. The van der Waals surface area contributed by atoms with Crippen LogP contribution in [0.5, 0.6) is 0 Å². The maximum atomic E-state index is 11.9. The van der Waals surface area contributed by atoms with Crippen molar-refractivity contribution >= 4 is 17.6 Å². The highest BCUT2D eigenvalue weighted by molar-refractivity contribution is 6.30. The molecule has 0 spiro atoms. The molecule has 2 aromatic carbocycles. The minimum Gasteiger partial charge on any atom is -0.438 e. The minimum absolute atomic E-state index is 0.216. The third kappa shape index (κ3) is 4.64. The molecule has 0 bridgehead atoms. The lowest BCUT2D eigenvalue weighted by Gasteiger charge is -2.06. The van der Waals surface area contributed by atoms with Gasteiger partial charge in [0.15, 0.2) is 5.76 Å². The number of urea groups is 1. The second kappa shape index (κ2) is 8.06. The van der Waals surface area contributed by atoms with E-state index >= 15 is 0 Å². The number of amides is 2. The van der Waals surface area contributed by atoms with Crippen LogP contribution < -0.4 is 10.6 Å². The number of halogens is 1. The van der Waals surface area contributed by atoms with Gasteiger partial charge in [-0.3, -0.25) is 0 Å². The minimum atomic E-state index is -0.269. The summed E-state index contributed by atoms with van der Waals surface area (Å²) in [6.45, 7) is 4.58. The van der Waals surface area contributed by atoms with Crippen molar-refractivity contribution in [2.24, 2.45) is 0 Å². The second-order valence-electron chi connectivity index (χ2n) is 6.05. The Morgan fingerprint density at radius 1 is 1.00 bits per heavy atom. The fraction of sp³-hybridized carbons (Fsp3) is 0.200. The summed E-state index contributed by atoms with van der Waals surface area (Å²) in [4.78, 5) is 16.3. The Morgan fingerprint density at radius 3 is 2.35 bits per heavy atom. The molecule has 5 nitrogen and oxygen atoms in total. The number of oxazole rings is 1. The normalized spacial score (nSPS) is 10.6. The Kier molecular flexibility index (Phi) is 5.58. The monoisotopic (exact) mass is 369 g/mol. The van der Waals surface area contributed by atoms with Gasteiger partial charge in [-0.05, 0) is 43.7 Å². The van der Waals surface area contributed by atoms with Crippen molar-refractivity contribution in [2.45, 2.75) is 26.9 Å². The topological polar surface area (TPSA) is 67.2 Å². The van der Waals surface area contributed by atoms with Crippen molar-refractivity contribution in [1.82, 2.24) is 15.6 Å². The smallest absolute Gasteiger partial charge is 0.315 e. The van der Waals surface area contributed by atoms with Gasteiger partial charge in [-0.1, -0.05) is 41.4 Å². The van der Waals surface area contributed by atoms with Crippen LogP contribution >= 0.6 is 11.6 Å². The Morgan fingerprint density at radius 2 is 1.65 bits per heavy atom. The fourth-order valence-electron chi connectivity index (χ4n) is 2.50. The third-order valence-corrected chi connectivity index (χ3v) is 4.17. The van der Waals surface area contributed by atoms with Crippen LogP contribution in [0.3, 0.4) is 0 Å². The molecule has 1 heterocycles. The zero-order chi connectivity index (χ0) is 18.5. The molecule has 3 rings (SSSR count). The lowest BCUT2D eigenvalue weighted by Crippen LogP contribution is -2.34. The van der Waals surface area contributed by atoms with E-state index in [1.165, 1.54) is 5.56 Å². The van der Waals surface area contributed by atoms with Crippen LogP contribution in [0.2, 0.25) is 5.02 Å². The first-order valence-corrected chi connectivity index (χ1v) is 8.68. The predicted octanol–water partition coefficient (Wildman–Crippen LogP) is 4.61. The van der Waals surface area contributed by atoms with Gasteiger partial charge >= 0.3 is 6.03 Å². The van der Waals surface area contributed by atoms with Crippen molar-refractivity contribution in [3.8, 4) is 11.3 Å².